The highest BCUT2D eigenvalue weighted by molar-refractivity contribution is 7.98. The first kappa shape index (κ1) is 19.5. The molecular weight excluding hydrogens is 398 g/mol. The van der Waals surface area contributed by atoms with E-state index in [9.17, 15) is 10.5 Å². The Morgan fingerprint density at radius 1 is 1.30 bits per heavy atom. The van der Waals surface area contributed by atoms with Crippen LogP contribution in [0.15, 0.2) is 47.1 Å². The van der Waals surface area contributed by atoms with Crippen molar-refractivity contribution >= 4 is 11.8 Å². The molecule has 3 N–H and O–H groups in total. The van der Waals surface area contributed by atoms with Crippen molar-refractivity contribution in [1.82, 2.24) is 20.2 Å². The molecule has 8 nitrogen and oxygen atoms in total. The van der Waals surface area contributed by atoms with Crippen LogP contribution >= 0.6 is 11.8 Å². The average Bonchev–Trinajstić information content (AvgIpc) is 3.13. The Labute approximate surface area is 177 Å². The molecular formula is C21H17N7OS. The van der Waals surface area contributed by atoms with E-state index >= 15 is 0 Å². The van der Waals surface area contributed by atoms with Crippen LogP contribution in [0, 0.1) is 36.5 Å². The van der Waals surface area contributed by atoms with Gasteiger partial charge >= 0.3 is 0 Å². The van der Waals surface area contributed by atoms with Crippen molar-refractivity contribution in [2.45, 2.75) is 30.5 Å². The Morgan fingerprint density at radius 2 is 2.13 bits per heavy atom. The lowest BCUT2D eigenvalue weighted by Crippen LogP contribution is -2.21. The van der Waals surface area contributed by atoms with Gasteiger partial charge in [0.1, 0.15) is 22.7 Å². The number of nitrogens with zero attached hydrogens (tertiary/aromatic N) is 5. The summed E-state index contributed by atoms with van der Waals surface area (Å²) in [4.78, 5) is 8.70. The van der Waals surface area contributed by atoms with Crippen molar-refractivity contribution in [3.63, 3.8) is 0 Å². The van der Waals surface area contributed by atoms with Gasteiger partial charge in [-0.3, -0.25) is 10.1 Å². The lowest BCUT2D eigenvalue weighted by Gasteiger charge is -2.23. The molecule has 0 spiro atoms. The molecule has 3 aromatic heterocycles. The van der Waals surface area contributed by atoms with Crippen LogP contribution in [-0.2, 0) is 5.75 Å². The van der Waals surface area contributed by atoms with Crippen molar-refractivity contribution in [2.24, 2.45) is 5.73 Å². The molecule has 1 aliphatic heterocycles. The molecule has 0 fully saturated rings. The molecule has 1 aliphatic rings. The Balaban J connectivity index is 1.74. The Kier molecular flexibility index (Phi) is 5.13. The maximum absolute atomic E-state index is 9.71. The molecule has 9 heteroatoms. The second-order valence-corrected chi connectivity index (χ2v) is 7.76. The predicted molar refractivity (Wildman–Crippen MR) is 110 cm³/mol. The number of rotatable bonds is 4. The van der Waals surface area contributed by atoms with Gasteiger partial charge in [0.05, 0.1) is 22.7 Å². The predicted octanol–water partition coefficient (Wildman–Crippen LogP) is 3.20. The largest absolute Gasteiger partial charge is 0.420 e. The molecule has 0 bridgehead atoms. The summed E-state index contributed by atoms with van der Waals surface area (Å²) in [6.07, 6.45) is 3.37. The van der Waals surface area contributed by atoms with Gasteiger partial charge < -0.3 is 10.5 Å². The van der Waals surface area contributed by atoms with Gasteiger partial charge in [0.15, 0.2) is 0 Å². The maximum atomic E-state index is 9.71. The summed E-state index contributed by atoms with van der Waals surface area (Å²) in [5.41, 5.74) is 10.9. The summed E-state index contributed by atoms with van der Waals surface area (Å²) in [5.74, 6) is 0.396. The lowest BCUT2D eigenvalue weighted by molar-refractivity contribution is 0.378. The standard InChI is InChI=1S/C21H17N7OS/c1-11-6-12(2)26-21(14(11)7-22)30-10-16-18-17(13-4-3-5-25-9-13)15(8-23)19(24)29-20(18)28-27-16/h3-6,9,17H,10,24H2,1-2H3,(H,27,28)/t17-/m1/s1. The summed E-state index contributed by atoms with van der Waals surface area (Å²) >= 11 is 1.43. The van der Waals surface area contributed by atoms with Gasteiger partial charge in [0.25, 0.3) is 0 Å². The lowest BCUT2D eigenvalue weighted by atomic mass is 9.85. The second kappa shape index (κ2) is 7.90. The van der Waals surface area contributed by atoms with E-state index in [1.165, 1.54) is 11.8 Å². The van der Waals surface area contributed by atoms with E-state index in [0.717, 1.165) is 28.1 Å². The van der Waals surface area contributed by atoms with Crippen LogP contribution in [0.5, 0.6) is 5.88 Å². The van der Waals surface area contributed by atoms with Crippen LogP contribution in [0.4, 0.5) is 0 Å². The summed E-state index contributed by atoms with van der Waals surface area (Å²) < 4.78 is 5.60. The number of nitriles is 2. The van der Waals surface area contributed by atoms with Gasteiger partial charge in [0.2, 0.25) is 11.8 Å². The zero-order chi connectivity index (χ0) is 21.3. The van der Waals surface area contributed by atoms with E-state index in [-0.39, 0.29) is 5.88 Å². The van der Waals surface area contributed by atoms with Crippen LogP contribution < -0.4 is 10.5 Å². The van der Waals surface area contributed by atoms with Crippen LogP contribution in [0.1, 0.15) is 39.6 Å². The zero-order valence-corrected chi connectivity index (χ0v) is 17.1. The molecule has 4 rings (SSSR count). The molecule has 3 aromatic rings. The smallest absolute Gasteiger partial charge is 0.244 e. The minimum atomic E-state index is -0.440. The normalized spacial score (nSPS) is 15.1. The monoisotopic (exact) mass is 415 g/mol. The number of pyridine rings is 2. The number of H-pyrrole nitrogens is 1. The van der Waals surface area contributed by atoms with Crippen LogP contribution in [-0.4, -0.2) is 20.2 Å². The van der Waals surface area contributed by atoms with E-state index in [0.29, 0.717) is 27.8 Å². The number of nitrogens with two attached hydrogens (primary N) is 1. The third-order valence-corrected chi connectivity index (χ3v) is 5.81. The van der Waals surface area contributed by atoms with Gasteiger partial charge in [0, 0.05) is 23.8 Å². The van der Waals surface area contributed by atoms with Gasteiger partial charge in [-0.1, -0.05) is 17.8 Å². The van der Waals surface area contributed by atoms with E-state index < -0.39 is 5.92 Å². The highest BCUT2D eigenvalue weighted by atomic mass is 32.2. The fraction of sp³-hybridized carbons (Fsp3) is 0.190. The highest BCUT2D eigenvalue weighted by Crippen LogP contribution is 2.43. The second-order valence-electron chi connectivity index (χ2n) is 6.79. The summed E-state index contributed by atoms with van der Waals surface area (Å²) in [6.45, 7) is 3.80. The fourth-order valence-electron chi connectivity index (χ4n) is 3.48. The van der Waals surface area contributed by atoms with Crippen LogP contribution in [0.3, 0.4) is 0 Å². The molecule has 30 heavy (non-hydrogen) atoms. The number of aromatic amines is 1. The molecule has 4 heterocycles. The number of nitrogens with one attached hydrogen (secondary N) is 1. The van der Waals surface area contributed by atoms with Crippen LogP contribution in [0.2, 0.25) is 0 Å². The Hall–Kier alpha value is -3.82. The average molecular weight is 415 g/mol. The molecule has 0 saturated carbocycles. The highest BCUT2D eigenvalue weighted by Gasteiger charge is 2.35. The number of hydrogen-bond donors (Lipinski definition) is 2. The van der Waals surface area contributed by atoms with E-state index in [2.05, 4.69) is 32.3 Å². The third-order valence-electron chi connectivity index (χ3n) is 4.81. The molecule has 1 atom stereocenters. The number of ether oxygens (including phenoxy) is 1. The number of hydrogen-bond acceptors (Lipinski definition) is 8. The molecule has 0 saturated heterocycles. The van der Waals surface area contributed by atoms with Gasteiger partial charge in [-0.05, 0) is 37.1 Å². The molecule has 0 aromatic carbocycles. The Bertz CT molecular complexity index is 1230. The van der Waals surface area contributed by atoms with E-state index in [4.69, 9.17) is 10.5 Å². The van der Waals surface area contributed by atoms with Crippen molar-refractivity contribution in [2.75, 3.05) is 0 Å². The first-order valence-electron chi connectivity index (χ1n) is 9.09. The zero-order valence-electron chi connectivity index (χ0n) is 16.3. The fourth-order valence-corrected chi connectivity index (χ4v) is 4.54. The number of allylic oxidation sites excluding steroid dienone is 1. The summed E-state index contributed by atoms with van der Waals surface area (Å²) in [7, 11) is 0. The van der Waals surface area contributed by atoms with Crippen LogP contribution in [0.25, 0.3) is 0 Å². The number of aryl methyl sites for hydroxylation is 2. The third kappa shape index (κ3) is 3.36. The van der Waals surface area contributed by atoms with Crippen molar-refractivity contribution < 1.29 is 4.74 Å². The SMILES string of the molecule is Cc1cc(C)c(C#N)c(SCc2[nH]nc3c2[C@H](c2cccnc2)C(C#N)=C(N)O3)n1. The number of aromatic nitrogens is 4. The van der Waals surface area contributed by atoms with E-state index in [1.807, 2.05) is 32.0 Å². The minimum Gasteiger partial charge on any atom is -0.420 e. The number of thioether (sulfide) groups is 1. The maximum Gasteiger partial charge on any atom is 0.244 e. The molecule has 0 aliphatic carbocycles. The molecule has 0 amide bonds. The summed E-state index contributed by atoms with van der Waals surface area (Å²) in [6, 6.07) is 9.98. The number of fused-ring (bicyclic) bond motifs is 1. The summed E-state index contributed by atoms with van der Waals surface area (Å²) in [5, 5.41) is 27.1. The van der Waals surface area contributed by atoms with Crippen molar-refractivity contribution in [3.05, 3.63) is 75.7 Å². The van der Waals surface area contributed by atoms with E-state index in [1.54, 1.807) is 12.4 Å². The topological polar surface area (TPSA) is 137 Å². The molecule has 148 valence electrons. The quantitative estimate of drug-likeness (QED) is 0.620. The Morgan fingerprint density at radius 3 is 2.83 bits per heavy atom. The van der Waals surface area contributed by atoms with Crippen molar-refractivity contribution in [1.29, 1.82) is 10.5 Å². The first-order valence-corrected chi connectivity index (χ1v) is 10.1. The van der Waals surface area contributed by atoms with Gasteiger partial charge in [-0.2, -0.15) is 10.5 Å². The molecule has 0 radical (unpaired) electrons. The molecule has 0 unspecified atom stereocenters. The van der Waals surface area contributed by atoms with Crippen molar-refractivity contribution in [3.8, 4) is 18.0 Å². The van der Waals surface area contributed by atoms with Gasteiger partial charge in [-0.25, -0.2) is 4.98 Å². The van der Waals surface area contributed by atoms with Gasteiger partial charge in [-0.15, -0.1) is 5.10 Å². The minimum absolute atomic E-state index is 0.0345. The first-order chi connectivity index (χ1) is 14.5.